The van der Waals surface area contributed by atoms with Gasteiger partial charge in [-0.05, 0) is 49.2 Å². The average molecular weight is 389 g/mol. The molecule has 1 aromatic carbocycles. The minimum absolute atomic E-state index is 0.0711. The number of piperazine rings is 1. The van der Waals surface area contributed by atoms with Gasteiger partial charge in [0.1, 0.15) is 0 Å². The molecule has 7 heteroatoms. The molecule has 3 aromatic rings. The number of anilines is 1. The molecule has 0 bridgehead atoms. The smallest absolute Gasteiger partial charge is 0.254 e. The Morgan fingerprint density at radius 1 is 0.966 bits per heavy atom. The fraction of sp³-hybridized carbons (Fsp3) is 0.364. The third-order valence-corrected chi connectivity index (χ3v) is 5.88. The van der Waals surface area contributed by atoms with Crippen LogP contribution in [0, 0.1) is 0 Å². The zero-order chi connectivity index (χ0) is 19.6. The Hall–Kier alpha value is -3.22. The summed E-state index contributed by atoms with van der Waals surface area (Å²) in [6.45, 7) is 3.03. The number of carbonyl (C=O) groups is 1. The van der Waals surface area contributed by atoms with Crippen LogP contribution < -0.4 is 4.90 Å². The number of benzene rings is 1. The van der Waals surface area contributed by atoms with Crippen LogP contribution in [0.3, 0.4) is 0 Å². The van der Waals surface area contributed by atoms with Gasteiger partial charge in [0.25, 0.3) is 5.91 Å². The predicted molar refractivity (Wildman–Crippen MR) is 109 cm³/mol. The zero-order valence-corrected chi connectivity index (χ0v) is 16.2. The second-order valence-electron chi connectivity index (χ2n) is 7.65. The van der Waals surface area contributed by atoms with Crippen molar-refractivity contribution in [1.82, 2.24) is 20.0 Å². The molecule has 2 aliphatic rings. The summed E-state index contributed by atoms with van der Waals surface area (Å²) in [4.78, 5) is 25.3. The van der Waals surface area contributed by atoms with E-state index >= 15 is 0 Å². The van der Waals surface area contributed by atoms with Gasteiger partial charge < -0.3 is 14.3 Å². The summed E-state index contributed by atoms with van der Waals surface area (Å²) in [5.41, 5.74) is 2.81. The van der Waals surface area contributed by atoms with Gasteiger partial charge in [-0.2, -0.15) is 4.98 Å². The van der Waals surface area contributed by atoms with E-state index in [-0.39, 0.29) is 5.91 Å². The maximum atomic E-state index is 12.6. The largest absolute Gasteiger partial charge is 0.368 e. The summed E-state index contributed by atoms with van der Waals surface area (Å²) >= 11 is 0. The second-order valence-corrected chi connectivity index (χ2v) is 7.65. The van der Waals surface area contributed by atoms with Crippen molar-refractivity contribution < 1.29 is 9.32 Å². The van der Waals surface area contributed by atoms with Crippen LogP contribution in [-0.2, 0) is 0 Å². The van der Waals surface area contributed by atoms with Gasteiger partial charge in [0.05, 0.1) is 0 Å². The molecule has 1 saturated heterocycles. The summed E-state index contributed by atoms with van der Waals surface area (Å²) in [6, 6.07) is 11.8. The summed E-state index contributed by atoms with van der Waals surface area (Å²) in [7, 11) is 0. The summed E-state index contributed by atoms with van der Waals surface area (Å²) in [6.07, 6.45) is 6.86. The maximum absolute atomic E-state index is 12.6. The van der Waals surface area contributed by atoms with Gasteiger partial charge in [-0.25, -0.2) is 0 Å². The molecule has 0 unspecified atom stereocenters. The predicted octanol–water partition coefficient (Wildman–Crippen LogP) is 3.36. The highest BCUT2D eigenvalue weighted by Gasteiger charge is 2.26. The Balaban J connectivity index is 1.21. The van der Waals surface area contributed by atoms with Crippen LogP contribution in [0.2, 0.25) is 0 Å². The van der Waals surface area contributed by atoms with Crippen molar-refractivity contribution in [3.05, 3.63) is 60.2 Å². The Labute approximate surface area is 169 Å². The number of hydrogen-bond donors (Lipinski definition) is 0. The zero-order valence-electron chi connectivity index (χ0n) is 16.2. The Kier molecular flexibility index (Phi) is 4.71. The highest BCUT2D eigenvalue weighted by Crippen LogP contribution is 2.36. The van der Waals surface area contributed by atoms with Gasteiger partial charge in [-0.15, -0.1) is 0 Å². The molecule has 2 fully saturated rings. The molecule has 1 saturated carbocycles. The topological polar surface area (TPSA) is 75.4 Å². The Morgan fingerprint density at radius 2 is 1.69 bits per heavy atom. The van der Waals surface area contributed by atoms with E-state index in [4.69, 9.17) is 4.52 Å². The van der Waals surface area contributed by atoms with E-state index in [1.807, 2.05) is 17.0 Å². The van der Waals surface area contributed by atoms with Crippen LogP contribution in [0.1, 0.15) is 41.4 Å². The van der Waals surface area contributed by atoms with Gasteiger partial charge in [0, 0.05) is 61.3 Å². The van der Waals surface area contributed by atoms with Gasteiger partial charge >= 0.3 is 0 Å². The summed E-state index contributed by atoms with van der Waals surface area (Å²) in [5, 5.41) is 4.14. The first kappa shape index (κ1) is 17.8. The normalized spacial score (nSPS) is 17.2. The van der Waals surface area contributed by atoms with Crippen molar-refractivity contribution in [2.75, 3.05) is 31.1 Å². The van der Waals surface area contributed by atoms with E-state index in [1.165, 1.54) is 6.42 Å². The lowest BCUT2D eigenvalue weighted by Gasteiger charge is -2.36. The monoisotopic (exact) mass is 389 g/mol. The van der Waals surface area contributed by atoms with Gasteiger partial charge in [0.2, 0.25) is 11.7 Å². The third kappa shape index (κ3) is 3.60. The van der Waals surface area contributed by atoms with Crippen molar-refractivity contribution in [2.45, 2.75) is 25.2 Å². The SMILES string of the molecule is O=C(c1ccncc1)N1CCN(c2ccc(-c3noc(C4CCC4)n3)cc2)CC1. The molecule has 5 rings (SSSR count). The first-order valence-electron chi connectivity index (χ1n) is 10.2. The number of pyridine rings is 1. The highest BCUT2D eigenvalue weighted by molar-refractivity contribution is 5.94. The number of hydrogen-bond acceptors (Lipinski definition) is 6. The maximum Gasteiger partial charge on any atom is 0.254 e. The molecular weight excluding hydrogens is 366 g/mol. The molecule has 0 radical (unpaired) electrons. The lowest BCUT2D eigenvalue weighted by atomic mass is 9.85. The summed E-state index contributed by atoms with van der Waals surface area (Å²) in [5.74, 6) is 1.94. The van der Waals surface area contributed by atoms with Gasteiger partial charge in [0.15, 0.2) is 0 Å². The molecule has 0 N–H and O–H groups in total. The van der Waals surface area contributed by atoms with E-state index in [2.05, 4.69) is 32.2 Å². The first-order chi connectivity index (χ1) is 14.3. The molecule has 29 heavy (non-hydrogen) atoms. The van der Waals surface area contributed by atoms with Crippen LogP contribution in [0.5, 0.6) is 0 Å². The lowest BCUT2D eigenvalue weighted by molar-refractivity contribution is 0.0746. The van der Waals surface area contributed by atoms with E-state index in [9.17, 15) is 4.79 Å². The minimum Gasteiger partial charge on any atom is -0.368 e. The molecule has 1 amide bonds. The summed E-state index contributed by atoms with van der Waals surface area (Å²) < 4.78 is 5.43. The molecular formula is C22H23N5O2. The number of carbonyl (C=O) groups excluding carboxylic acids is 1. The van der Waals surface area contributed by atoms with Crippen molar-refractivity contribution in [1.29, 1.82) is 0 Å². The fourth-order valence-electron chi connectivity index (χ4n) is 3.84. The van der Waals surface area contributed by atoms with E-state index in [1.54, 1.807) is 24.5 Å². The number of rotatable bonds is 4. The van der Waals surface area contributed by atoms with Crippen molar-refractivity contribution in [2.24, 2.45) is 0 Å². The molecule has 0 spiro atoms. The van der Waals surface area contributed by atoms with E-state index in [0.717, 1.165) is 43.1 Å². The van der Waals surface area contributed by atoms with Crippen LogP contribution in [-0.4, -0.2) is 52.1 Å². The molecule has 2 aromatic heterocycles. The van der Waals surface area contributed by atoms with Crippen molar-refractivity contribution >= 4 is 11.6 Å². The quantitative estimate of drug-likeness (QED) is 0.681. The van der Waals surface area contributed by atoms with Crippen molar-refractivity contribution in [3.63, 3.8) is 0 Å². The lowest BCUT2D eigenvalue weighted by Crippen LogP contribution is -2.48. The van der Waals surface area contributed by atoms with Gasteiger partial charge in [-0.3, -0.25) is 9.78 Å². The minimum atomic E-state index is 0.0711. The number of amides is 1. The standard InChI is InChI=1S/C22H23N5O2/c28-22(18-8-10-23-11-9-18)27-14-12-26(13-15-27)19-6-4-16(5-7-19)20-24-21(29-25-20)17-2-1-3-17/h4-11,17H,1-3,12-15H2. The molecule has 3 heterocycles. The molecule has 0 atom stereocenters. The Bertz CT molecular complexity index is 974. The second kappa shape index (κ2) is 7.66. The highest BCUT2D eigenvalue weighted by atomic mass is 16.5. The Morgan fingerprint density at radius 3 is 2.34 bits per heavy atom. The fourth-order valence-corrected chi connectivity index (χ4v) is 3.84. The number of nitrogens with zero attached hydrogens (tertiary/aromatic N) is 5. The van der Waals surface area contributed by atoms with E-state index < -0.39 is 0 Å². The van der Waals surface area contributed by atoms with Crippen LogP contribution in [0.4, 0.5) is 5.69 Å². The van der Waals surface area contributed by atoms with Crippen molar-refractivity contribution in [3.8, 4) is 11.4 Å². The molecule has 1 aliphatic carbocycles. The average Bonchev–Trinajstić information content (AvgIpc) is 3.22. The molecule has 1 aliphatic heterocycles. The third-order valence-electron chi connectivity index (χ3n) is 5.88. The molecule has 7 nitrogen and oxygen atoms in total. The van der Waals surface area contributed by atoms with Crippen LogP contribution in [0.25, 0.3) is 11.4 Å². The molecule has 148 valence electrons. The van der Waals surface area contributed by atoms with E-state index in [0.29, 0.717) is 30.4 Å². The van der Waals surface area contributed by atoms with Crippen LogP contribution in [0.15, 0.2) is 53.3 Å². The first-order valence-corrected chi connectivity index (χ1v) is 10.2. The number of aromatic nitrogens is 3. The van der Waals surface area contributed by atoms with Crippen LogP contribution >= 0.6 is 0 Å². The van der Waals surface area contributed by atoms with Gasteiger partial charge in [-0.1, -0.05) is 11.6 Å².